The zero-order chi connectivity index (χ0) is 22.0. The lowest BCUT2D eigenvalue weighted by atomic mass is 10.2. The van der Waals surface area contributed by atoms with Crippen LogP contribution in [0.3, 0.4) is 0 Å². The number of nitrogens with zero attached hydrogens (tertiary/aromatic N) is 7. The van der Waals surface area contributed by atoms with Crippen LogP contribution in [0.2, 0.25) is 5.02 Å². The second-order valence-electron chi connectivity index (χ2n) is 7.08. The maximum absolute atomic E-state index is 6.06. The fourth-order valence-electron chi connectivity index (χ4n) is 2.89. The summed E-state index contributed by atoms with van der Waals surface area (Å²) in [7, 11) is 3.72. The Bertz CT molecular complexity index is 1190. The minimum atomic E-state index is 0.191. The molecule has 0 spiro atoms. The van der Waals surface area contributed by atoms with Crippen LogP contribution in [0.1, 0.15) is 11.4 Å². The Morgan fingerprint density at radius 1 is 0.968 bits per heavy atom. The molecular formula is C21H21ClN8S. The molecule has 2 aromatic heterocycles. The van der Waals surface area contributed by atoms with Crippen molar-refractivity contribution in [3.05, 3.63) is 64.9 Å². The molecule has 0 radical (unpaired) electrons. The van der Waals surface area contributed by atoms with Crippen molar-refractivity contribution in [2.45, 2.75) is 17.8 Å². The topological polar surface area (TPSA) is 98.6 Å². The molecule has 0 bridgehead atoms. The van der Waals surface area contributed by atoms with Gasteiger partial charge in [0.25, 0.3) is 0 Å². The van der Waals surface area contributed by atoms with E-state index in [9.17, 15) is 0 Å². The number of rotatable bonds is 6. The molecule has 0 saturated carbocycles. The van der Waals surface area contributed by atoms with Gasteiger partial charge in [-0.1, -0.05) is 41.1 Å². The van der Waals surface area contributed by atoms with E-state index in [4.69, 9.17) is 17.3 Å². The Morgan fingerprint density at radius 3 is 2.35 bits per heavy atom. The SMILES string of the molecule is Cc1ccc(-n2c(SCc3nc(N)nc(N(C)C)n3)nnc2-c2ccc(Cl)cc2)cc1. The molecule has 31 heavy (non-hydrogen) atoms. The van der Waals surface area contributed by atoms with Crippen molar-refractivity contribution in [2.24, 2.45) is 0 Å². The van der Waals surface area contributed by atoms with Crippen molar-refractivity contribution in [1.29, 1.82) is 0 Å². The molecule has 0 atom stereocenters. The molecule has 2 heterocycles. The number of nitrogen functional groups attached to an aromatic ring is 1. The van der Waals surface area contributed by atoms with E-state index >= 15 is 0 Å². The largest absolute Gasteiger partial charge is 0.368 e. The van der Waals surface area contributed by atoms with Gasteiger partial charge in [-0.25, -0.2) is 0 Å². The van der Waals surface area contributed by atoms with E-state index < -0.39 is 0 Å². The van der Waals surface area contributed by atoms with Crippen LogP contribution in [0.25, 0.3) is 17.1 Å². The summed E-state index contributed by atoms with van der Waals surface area (Å²) in [6.07, 6.45) is 0. The van der Waals surface area contributed by atoms with E-state index in [-0.39, 0.29) is 5.95 Å². The van der Waals surface area contributed by atoms with Gasteiger partial charge in [0, 0.05) is 30.4 Å². The fourth-order valence-corrected chi connectivity index (χ4v) is 3.83. The molecule has 0 aliphatic rings. The number of thioether (sulfide) groups is 1. The lowest BCUT2D eigenvalue weighted by Gasteiger charge is -2.12. The standard InChI is InChI=1S/C21H21ClN8S/c1-13-4-10-16(11-5-13)30-18(14-6-8-15(22)9-7-14)27-28-21(30)31-12-17-24-19(23)26-20(25-17)29(2)3/h4-11H,12H2,1-3H3,(H2,23,24,25,26). The van der Waals surface area contributed by atoms with Crippen LogP contribution < -0.4 is 10.6 Å². The van der Waals surface area contributed by atoms with Gasteiger partial charge < -0.3 is 10.6 Å². The molecule has 10 heteroatoms. The number of aromatic nitrogens is 6. The molecule has 0 fully saturated rings. The average Bonchev–Trinajstić information content (AvgIpc) is 3.17. The second kappa shape index (κ2) is 8.91. The third kappa shape index (κ3) is 4.78. The third-order valence-corrected chi connectivity index (χ3v) is 5.62. The summed E-state index contributed by atoms with van der Waals surface area (Å²) >= 11 is 7.55. The fraction of sp³-hybridized carbons (Fsp3) is 0.190. The highest BCUT2D eigenvalue weighted by molar-refractivity contribution is 7.98. The van der Waals surface area contributed by atoms with E-state index in [0.29, 0.717) is 22.5 Å². The average molecular weight is 453 g/mol. The quantitative estimate of drug-likeness (QED) is 0.438. The highest BCUT2D eigenvalue weighted by Gasteiger charge is 2.17. The monoisotopic (exact) mass is 452 g/mol. The molecular weight excluding hydrogens is 432 g/mol. The Hall–Kier alpha value is -3.17. The molecule has 2 aromatic carbocycles. The zero-order valence-corrected chi connectivity index (χ0v) is 18.9. The summed E-state index contributed by atoms with van der Waals surface area (Å²) in [5.74, 6) is 2.49. The molecule has 8 nitrogen and oxygen atoms in total. The van der Waals surface area contributed by atoms with Gasteiger partial charge in [0.2, 0.25) is 11.9 Å². The summed E-state index contributed by atoms with van der Waals surface area (Å²) in [4.78, 5) is 14.7. The molecule has 4 rings (SSSR count). The van der Waals surface area contributed by atoms with Crippen molar-refractivity contribution in [3.63, 3.8) is 0 Å². The molecule has 0 amide bonds. The molecule has 0 aliphatic carbocycles. The molecule has 0 unspecified atom stereocenters. The maximum Gasteiger partial charge on any atom is 0.229 e. The molecule has 0 aliphatic heterocycles. The minimum Gasteiger partial charge on any atom is -0.368 e. The van der Waals surface area contributed by atoms with Crippen molar-refractivity contribution in [2.75, 3.05) is 24.7 Å². The van der Waals surface area contributed by atoms with E-state index in [1.165, 1.54) is 17.3 Å². The summed E-state index contributed by atoms with van der Waals surface area (Å²) in [5.41, 5.74) is 8.91. The van der Waals surface area contributed by atoms with Gasteiger partial charge in [-0.2, -0.15) is 15.0 Å². The van der Waals surface area contributed by atoms with Gasteiger partial charge in [0.1, 0.15) is 5.82 Å². The second-order valence-corrected chi connectivity index (χ2v) is 8.46. The van der Waals surface area contributed by atoms with Gasteiger partial charge in [-0.3, -0.25) is 4.57 Å². The predicted octanol–water partition coefficient (Wildman–Crippen LogP) is 4.02. The Balaban J connectivity index is 1.71. The Kier molecular flexibility index (Phi) is 6.06. The third-order valence-electron chi connectivity index (χ3n) is 4.45. The first kappa shape index (κ1) is 21.1. The Labute approximate surface area is 189 Å². The van der Waals surface area contributed by atoms with Crippen LogP contribution in [-0.4, -0.2) is 43.8 Å². The summed E-state index contributed by atoms with van der Waals surface area (Å²) in [6.45, 7) is 2.05. The van der Waals surface area contributed by atoms with Gasteiger partial charge in [0.15, 0.2) is 11.0 Å². The normalized spacial score (nSPS) is 11.0. The first-order valence-electron chi connectivity index (χ1n) is 9.49. The number of aryl methyl sites for hydroxylation is 1. The van der Waals surface area contributed by atoms with Gasteiger partial charge in [0.05, 0.1) is 5.75 Å². The van der Waals surface area contributed by atoms with E-state index in [2.05, 4.69) is 44.2 Å². The van der Waals surface area contributed by atoms with E-state index in [1.54, 1.807) is 4.90 Å². The summed E-state index contributed by atoms with van der Waals surface area (Å²) in [5, 5.41) is 10.3. The number of hydrogen-bond donors (Lipinski definition) is 1. The van der Waals surface area contributed by atoms with Crippen molar-refractivity contribution in [1.82, 2.24) is 29.7 Å². The minimum absolute atomic E-state index is 0.191. The van der Waals surface area contributed by atoms with Crippen LogP contribution in [-0.2, 0) is 5.75 Å². The lowest BCUT2D eigenvalue weighted by molar-refractivity contribution is 0.878. The number of benzene rings is 2. The number of anilines is 2. The smallest absolute Gasteiger partial charge is 0.229 e. The van der Waals surface area contributed by atoms with Crippen molar-refractivity contribution in [3.8, 4) is 17.1 Å². The predicted molar refractivity (Wildman–Crippen MR) is 125 cm³/mol. The highest BCUT2D eigenvalue weighted by atomic mass is 35.5. The molecule has 0 saturated heterocycles. The number of hydrogen-bond acceptors (Lipinski definition) is 8. The van der Waals surface area contributed by atoms with Crippen LogP contribution in [0.4, 0.5) is 11.9 Å². The van der Waals surface area contributed by atoms with Crippen LogP contribution in [0, 0.1) is 6.92 Å². The van der Waals surface area contributed by atoms with E-state index in [0.717, 1.165) is 22.2 Å². The maximum atomic E-state index is 6.06. The summed E-state index contributed by atoms with van der Waals surface area (Å²) < 4.78 is 2.02. The zero-order valence-electron chi connectivity index (χ0n) is 17.3. The van der Waals surface area contributed by atoms with Crippen LogP contribution >= 0.6 is 23.4 Å². The number of nitrogens with two attached hydrogens (primary N) is 1. The van der Waals surface area contributed by atoms with Crippen molar-refractivity contribution >= 4 is 35.3 Å². The van der Waals surface area contributed by atoms with E-state index in [1.807, 2.05) is 55.1 Å². The molecule has 158 valence electrons. The van der Waals surface area contributed by atoms with Gasteiger partial charge in [-0.05, 0) is 43.3 Å². The Morgan fingerprint density at radius 2 is 1.68 bits per heavy atom. The van der Waals surface area contributed by atoms with Crippen molar-refractivity contribution < 1.29 is 0 Å². The first-order valence-corrected chi connectivity index (χ1v) is 10.9. The summed E-state index contributed by atoms with van der Waals surface area (Å²) in [6, 6.07) is 15.8. The lowest BCUT2D eigenvalue weighted by Crippen LogP contribution is -2.16. The number of halogens is 1. The molecule has 4 aromatic rings. The first-order chi connectivity index (χ1) is 14.9. The van der Waals surface area contributed by atoms with Crippen LogP contribution in [0.5, 0.6) is 0 Å². The van der Waals surface area contributed by atoms with Gasteiger partial charge >= 0.3 is 0 Å². The van der Waals surface area contributed by atoms with Crippen LogP contribution in [0.15, 0.2) is 53.7 Å². The highest BCUT2D eigenvalue weighted by Crippen LogP contribution is 2.30. The van der Waals surface area contributed by atoms with Gasteiger partial charge in [-0.15, -0.1) is 10.2 Å². The molecule has 2 N–H and O–H groups in total.